The Labute approximate surface area is 142 Å². The van der Waals surface area contributed by atoms with Crippen molar-refractivity contribution in [3.8, 4) is 0 Å². The lowest BCUT2D eigenvalue weighted by Gasteiger charge is -2.13. The first-order valence-electron chi connectivity index (χ1n) is 7.28. The van der Waals surface area contributed by atoms with Gasteiger partial charge >= 0.3 is 0 Å². The second-order valence-electron chi connectivity index (χ2n) is 4.87. The number of hydrogen-bond acceptors (Lipinski definition) is 5. The number of nitrogens with one attached hydrogen (secondary N) is 2. The Bertz CT molecular complexity index is 722. The largest absolute Gasteiger partial charge is 0.593 e. The van der Waals surface area contributed by atoms with Gasteiger partial charge in [0.05, 0.1) is 21.8 Å². The van der Waals surface area contributed by atoms with Gasteiger partial charge in [-0.15, -0.1) is 4.72 Å². The summed E-state index contributed by atoms with van der Waals surface area (Å²) in [5, 5.41) is 13.3. The number of rotatable bonds is 7. The minimum absolute atomic E-state index is 0.00328. The first kappa shape index (κ1) is 17.9. The maximum absolute atomic E-state index is 12.3. The molecule has 8 heteroatoms. The van der Waals surface area contributed by atoms with Crippen molar-refractivity contribution >= 4 is 23.0 Å². The van der Waals surface area contributed by atoms with Crippen molar-refractivity contribution in [3.05, 3.63) is 69.8 Å². The van der Waals surface area contributed by atoms with Crippen LogP contribution in [-0.2, 0) is 17.9 Å². The molecular weight excluding hydrogens is 330 g/mol. The molecular formula is C16H17N3O4S. The summed E-state index contributed by atoms with van der Waals surface area (Å²) >= 11 is -1.46. The monoisotopic (exact) mass is 347 g/mol. The quantitative estimate of drug-likeness (QED) is 0.453. The second kappa shape index (κ2) is 8.44. The fourth-order valence-corrected chi connectivity index (χ4v) is 3.02. The minimum atomic E-state index is -1.46. The number of carbonyl (C=O) groups excluding carboxylic acids is 1. The standard InChI is InChI=1S/C16H17N3O4S/c1-2-18-24(23)15-6-4-3-5-14(15)16(20)17-11-12-7-9-13(10-8-12)19(21)22/h3-10,18H,2,11H2,1H3,(H,17,20). The molecule has 0 heterocycles. The number of nitro groups is 1. The Kier molecular flexibility index (Phi) is 6.30. The van der Waals surface area contributed by atoms with E-state index in [9.17, 15) is 19.5 Å². The normalized spacial score (nSPS) is 11.8. The summed E-state index contributed by atoms with van der Waals surface area (Å²) in [5.74, 6) is -0.352. The smallest absolute Gasteiger partial charge is 0.269 e. The van der Waals surface area contributed by atoms with Gasteiger partial charge in [0.15, 0.2) is 4.90 Å². The van der Waals surface area contributed by atoms with Crippen LogP contribution in [0, 0.1) is 10.1 Å². The maximum atomic E-state index is 12.3. The van der Waals surface area contributed by atoms with Crippen LogP contribution in [0.25, 0.3) is 0 Å². The van der Waals surface area contributed by atoms with Crippen LogP contribution in [0.4, 0.5) is 5.69 Å². The molecule has 7 nitrogen and oxygen atoms in total. The number of non-ortho nitro benzene ring substituents is 1. The zero-order valence-corrected chi connectivity index (χ0v) is 13.8. The van der Waals surface area contributed by atoms with Gasteiger partial charge in [0.2, 0.25) is 0 Å². The third-order valence-corrected chi connectivity index (χ3v) is 4.51. The van der Waals surface area contributed by atoms with Gasteiger partial charge in [0.25, 0.3) is 11.6 Å². The maximum Gasteiger partial charge on any atom is 0.269 e. The number of nitro benzene ring substituents is 1. The molecule has 0 bridgehead atoms. The highest BCUT2D eigenvalue weighted by Gasteiger charge is 2.20. The van der Waals surface area contributed by atoms with Crippen LogP contribution in [0.3, 0.4) is 0 Å². The van der Waals surface area contributed by atoms with Gasteiger partial charge in [-0.05, 0) is 24.6 Å². The van der Waals surface area contributed by atoms with E-state index in [2.05, 4.69) is 10.0 Å². The van der Waals surface area contributed by atoms with Crippen LogP contribution in [0.15, 0.2) is 53.4 Å². The van der Waals surface area contributed by atoms with E-state index in [0.717, 1.165) is 5.56 Å². The highest BCUT2D eigenvalue weighted by Crippen LogP contribution is 2.16. The lowest BCUT2D eigenvalue weighted by molar-refractivity contribution is -0.384. The van der Waals surface area contributed by atoms with Crippen LogP contribution in [-0.4, -0.2) is 21.9 Å². The van der Waals surface area contributed by atoms with Crippen molar-refractivity contribution in [1.82, 2.24) is 10.0 Å². The average molecular weight is 347 g/mol. The van der Waals surface area contributed by atoms with Gasteiger partial charge in [-0.3, -0.25) is 14.9 Å². The number of amides is 1. The van der Waals surface area contributed by atoms with Gasteiger partial charge in [0.1, 0.15) is 0 Å². The Balaban J connectivity index is 2.06. The number of benzene rings is 2. The predicted molar refractivity (Wildman–Crippen MR) is 90.8 cm³/mol. The van der Waals surface area contributed by atoms with Gasteiger partial charge in [0, 0.05) is 25.2 Å². The summed E-state index contributed by atoms with van der Waals surface area (Å²) in [6.45, 7) is 2.57. The highest BCUT2D eigenvalue weighted by atomic mass is 32.2. The molecule has 0 aromatic heterocycles. The van der Waals surface area contributed by atoms with Gasteiger partial charge in [-0.2, -0.15) is 0 Å². The summed E-state index contributed by atoms with van der Waals surface area (Å²) in [6.07, 6.45) is 0. The molecule has 0 saturated carbocycles. The van der Waals surface area contributed by atoms with E-state index in [1.165, 1.54) is 12.1 Å². The van der Waals surface area contributed by atoms with E-state index in [1.54, 1.807) is 36.4 Å². The van der Waals surface area contributed by atoms with Crippen LogP contribution in [0.5, 0.6) is 0 Å². The van der Waals surface area contributed by atoms with Crippen LogP contribution < -0.4 is 10.0 Å². The molecule has 0 aliphatic rings. The van der Waals surface area contributed by atoms with E-state index in [-0.39, 0.29) is 18.1 Å². The van der Waals surface area contributed by atoms with Crippen molar-refractivity contribution in [3.63, 3.8) is 0 Å². The molecule has 0 radical (unpaired) electrons. The number of carbonyl (C=O) groups is 1. The lowest BCUT2D eigenvalue weighted by Crippen LogP contribution is -2.29. The molecule has 2 aromatic rings. The SMILES string of the molecule is CCN[S+]([O-])c1ccccc1C(=O)NCc1ccc([N+](=O)[O-])cc1. The van der Waals surface area contributed by atoms with E-state index in [1.807, 2.05) is 6.92 Å². The lowest BCUT2D eigenvalue weighted by atomic mass is 10.2. The third-order valence-electron chi connectivity index (χ3n) is 3.21. The topological polar surface area (TPSA) is 107 Å². The van der Waals surface area contributed by atoms with Crippen molar-refractivity contribution in [2.45, 2.75) is 18.4 Å². The Morgan fingerprint density at radius 3 is 2.46 bits per heavy atom. The Hall–Kier alpha value is -2.42. The van der Waals surface area contributed by atoms with Gasteiger partial charge < -0.3 is 9.87 Å². The molecule has 1 unspecified atom stereocenters. The Morgan fingerprint density at radius 1 is 1.17 bits per heavy atom. The van der Waals surface area contributed by atoms with Gasteiger partial charge in [-0.1, -0.05) is 24.3 Å². The molecule has 24 heavy (non-hydrogen) atoms. The van der Waals surface area contributed by atoms with E-state index in [0.29, 0.717) is 17.0 Å². The average Bonchev–Trinajstić information content (AvgIpc) is 2.60. The molecule has 0 spiro atoms. The molecule has 2 N–H and O–H groups in total. The molecule has 0 fully saturated rings. The molecule has 1 amide bonds. The minimum Gasteiger partial charge on any atom is -0.593 e. The fourth-order valence-electron chi connectivity index (χ4n) is 2.04. The van der Waals surface area contributed by atoms with Crippen molar-refractivity contribution in [2.24, 2.45) is 0 Å². The van der Waals surface area contributed by atoms with E-state index >= 15 is 0 Å². The third kappa shape index (κ3) is 4.54. The van der Waals surface area contributed by atoms with Crippen molar-refractivity contribution < 1.29 is 14.3 Å². The molecule has 126 valence electrons. The molecule has 1 atom stereocenters. The fraction of sp³-hybridized carbons (Fsp3) is 0.188. The summed E-state index contributed by atoms with van der Waals surface area (Å²) < 4.78 is 14.9. The van der Waals surface area contributed by atoms with E-state index in [4.69, 9.17) is 0 Å². The molecule has 0 aliphatic carbocycles. The molecule has 0 saturated heterocycles. The van der Waals surface area contributed by atoms with E-state index < -0.39 is 16.3 Å². The van der Waals surface area contributed by atoms with Gasteiger partial charge in [-0.25, -0.2) is 0 Å². The summed E-state index contributed by atoms with van der Waals surface area (Å²) in [4.78, 5) is 22.9. The first-order valence-corrected chi connectivity index (χ1v) is 8.43. The van der Waals surface area contributed by atoms with Crippen LogP contribution in [0.1, 0.15) is 22.8 Å². The van der Waals surface area contributed by atoms with Crippen molar-refractivity contribution in [2.75, 3.05) is 6.54 Å². The zero-order chi connectivity index (χ0) is 17.5. The number of hydrogen-bond donors (Lipinski definition) is 2. The summed E-state index contributed by atoms with van der Waals surface area (Å²) in [6, 6.07) is 12.6. The highest BCUT2D eigenvalue weighted by molar-refractivity contribution is 7.89. The predicted octanol–water partition coefficient (Wildman–Crippen LogP) is 2.16. The van der Waals surface area contributed by atoms with Crippen LogP contribution >= 0.6 is 0 Å². The molecule has 0 aliphatic heterocycles. The Morgan fingerprint density at radius 2 is 1.83 bits per heavy atom. The molecule has 2 aromatic carbocycles. The second-order valence-corrected chi connectivity index (χ2v) is 6.13. The van der Waals surface area contributed by atoms with Crippen molar-refractivity contribution in [1.29, 1.82) is 0 Å². The summed E-state index contributed by atoms with van der Waals surface area (Å²) in [5.41, 5.74) is 1.06. The zero-order valence-electron chi connectivity index (χ0n) is 13.0. The molecule has 2 rings (SSSR count). The first-order chi connectivity index (χ1) is 11.5. The van der Waals surface area contributed by atoms with Crippen LogP contribution in [0.2, 0.25) is 0 Å². The number of nitrogens with zero attached hydrogens (tertiary/aromatic N) is 1. The summed E-state index contributed by atoms with van der Waals surface area (Å²) in [7, 11) is 0.